The Hall–Kier alpha value is -3.42. The summed E-state index contributed by atoms with van der Waals surface area (Å²) in [6.45, 7) is 1.63. The molecule has 1 saturated heterocycles. The van der Waals surface area contributed by atoms with E-state index >= 15 is 0 Å². The second-order valence-electron chi connectivity index (χ2n) is 6.76. The van der Waals surface area contributed by atoms with E-state index in [9.17, 15) is 4.79 Å². The molecular weight excluding hydrogens is 400 g/mol. The van der Waals surface area contributed by atoms with Crippen LogP contribution in [0.1, 0.15) is 40.8 Å². The lowest BCUT2D eigenvalue weighted by molar-refractivity contribution is 0.0946. The van der Waals surface area contributed by atoms with Gasteiger partial charge in [-0.15, -0.1) is 11.3 Å². The molecule has 0 spiro atoms. The first kappa shape index (κ1) is 19.9. The molecule has 152 valence electrons. The highest BCUT2D eigenvalue weighted by Gasteiger charge is 2.27. The Labute approximate surface area is 177 Å². The number of likely N-dealkylation sites (tertiary alicyclic amines) is 1. The van der Waals surface area contributed by atoms with Crippen molar-refractivity contribution in [2.24, 2.45) is 0 Å². The molecule has 3 aromatic rings. The molecule has 0 radical (unpaired) electrons. The number of hydrogen-bond donors (Lipinski definition) is 2. The SMILES string of the molecule is N#CCN1CCC[C@@H]1c1ccnc(Nc2nc(C(=O)NCc3ccccn3)cs2)n1. The maximum atomic E-state index is 12.3. The molecule has 1 amide bonds. The second kappa shape index (κ2) is 9.39. The Bertz CT molecular complexity index is 1050. The lowest BCUT2D eigenvalue weighted by Gasteiger charge is -2.21. The lowest BCUT2D eigenvalue weighted by Crippen LogP contribution is -2.24. The molecule has 4 rings (SSSR count). The summed E-state index contributed by atoms with van der Waals surface area (Å²) in [5.41, 5.74) is 1.98. The van der Waals surface area contributed by atoms with Crippen LogP contribution in [0.3, 0.4) is 0 Å². The van der Waals surface area contributed by atoms with Gasteiger partial charge in [0.2, 0.25) is 5.95 Å². The third kappa shape index (κ3) is 4.76. The molecule has 4 heterocycles. The Kier molecular flexibility index (Phi) is 6.22. The highest BCUT2D eigenvalue weighted by Crippen LogP contribution is 2.30. The number of pyridine rings is 1. The molecule has 3 aromatic heterocycles. The van der Waals surface area contributed by atoms with Gasteiger partial charge in [-0.1, -0.05) is 6.07 Å². The number of carbonyl (C=O) groups excluding carboxylic acids is 1. The number of thiazole rings is 1. The molecule has 1 aliphatic rings. The smallest absolute Gasteiger partial charge is 0.271 e. The molecule has 0 unspecified atom stereocenters. The van der Waals surface area contributed by atoms with E-state index < -0.39 is 0 Å². The summed E-state index contributed by atoms with van der Waals surface area (Å²) in [7, 11) is 0. The van der Waals surface area contributed by atoms with E-state index in [1.165, 1.54) is 11.3 Å². The molecule has 30 heavy (non-hydrogen) atoms. The van der Waals surface area contributed by atoms with Gasteiger partial charge in [-0.05, 0) is 37.6 Å². The highest BCUT2D eigenvalue weighted by molar-refractivity contribution is 7.14. The summed E-state index contributed by atoms with van der Waals surface area (Å²) in [6, 6.07) is 9.77. The third-order valence-electron chi connectivity index (χ3n) is 4.77. The van der Waals surface area contributed by atoms with Gasteiger partial charge < -0.3 is 10.6 Å². The molecule has 1 aliphatic heterocycles. The van der Waals surface area contributed by atoms with Crippen LogP contribution < -0.4 is 10.6 Å². The normalized spacial score (nSPS) is 16.2. The van der Waals surface area contributed by atoms with E-state index in [1.807, 2.05) is 24.3 Å². The minimum Gasteiger partial charge on any atom is -0.345 e. The number of rotatable bonds is 7. The van der Waals surface area contributed by atoms with Crippen LogP contribution in [-0.4, -0.2) is 43.8 Å². The van der Waals surface area contributed by atoms with Crippen molar-refractivity contribution in [1.82, 2.24) is 30.2 Å². The number of anilines is 2. The molecule has 2 N–H and O–H groups in total. The molecule has 0 aliphatic carbocycles. The van der Waals surface area contributed by atoms with Crippen molar-refractivity contribution in [1.29, 1.82) is 5.26 Å². The predicted molar refractivity (Wildman–Crippen MR) is 112 cm³/mol. The van der Waals surface area contributed by atoms with Crippen molar-refractivity contribution in [3.05, 3.63) is 59.1 Å². The zero-order valence-corrected chi connectivity index (χ0v) is 17.0. The highest BCUT2D eigenvalue weighted by atomic mass is 32.1. The van der Waals surface area contributed by atoms with Crippen molar-refractivity contribution in [2.45, 2.75) is 25.4 Å². The standard InChI is InChI=1S/C20H20N8OS/c21-7-11-28-10-3-5-17(28)15-6-9-23-19(25-15)27-20-26-16(13-30-20)18(29)24-12-14-4-1-2-8-22-14/h1-2,4,6,8-9,13,17H,3,5,10-12H2,(H,24,29)(H,23,25,26,27)/t17-/m1/s1. The summed E-state index contributed by atoms with van der Waals surface area (Å²) in [4.78, 5) is 31.8. The number of amides is 1. The van der Waals surface area contributed by atoms with Gasteiger partial charge in [-0.25, -0.2) is 15.0 Å². The number of nitrogens with one attached hydrogen (secondary N) is 2. The van der Waals surface area contributed by atoms with Crippen molar-refractivity contribution >= 4 is 28.3 Å². The lowest BCUT2D eigenvalue weighted by atomic mass is 10.1. The quantitative estimate of drug-likeness (QED) is 0.560. The van der Waals surface area contributed by atoms with Crippen LogP contribution >= 0.6 is 11.3 Å². The van der Waals surface area contributed by atoms with Crippen LogP contribution in [0.5, 0.6) is 0 Å². The Morgan fingerprint density at radius 1 is 1.27 bits per heavy atom. The zero-order valence-electron chi connectivity index (χ0n) is 16.2. The number of carbonyl (C=O) groups is 1. The molecule has 0 aromatic carbocycles. The average molecular weight is 421 g/mol. The summed E-state index contributed by atoms with van der Waals surface area (Å²) in [5.74, 6) is 0.156. The predicted octanol–water partition coefficient (Wildman–Crippen LogP) is 2.66. The van der Waals surface area contributed by atoms with Crippen LogP contribution in [0, 0.1) is 11.3 Å². The Morgan fingerprint density at radius 3 is 3.03 bits per heavy atom. The molecule has 1 fully saturated rings. The number of nitrogens with zero attached hydrogens (tertiary/aromatic N) is 6. The first-order valence-electron chi connectivity index (χ1n) is 9.57. The maximum Gasteiger partial charge on any atom is 0.271 e. The van der Waals surface area contributed by atoms with Crippen LogP contribution in [0.2, 0.25) is 0 Å². The van der Waals surface area contributed by atoms with E-state index in [1.54, 1.807) is 17.8 Å². The first-order valence-corrected chi connectivity index (χ1v) is 10.5. The summed E-state index contributed by atoms with van der Waals surface area (Å²) < 4.78 is 0. The van der Waals surface area contributed by atoms with Gasteiger partial charge in [0.25, 0.3) is 5.91 Å². The molecule has 1 atom stereocenters. The Morgan fingerprint density at radius 2 is 2.20 bits per heavy atom. The van der Waals surface area contributed by atoms with Gasteiger partial charge in [0.1, 0.15) is 5.69 Å². The van der Waals surface area contributed by atoms with Gasteiger partial charge in [0, 0.05) is 17.8 Å². The van der Waals surface area contributed by atoms with Crippen LogP contribution in [-0.2, 0) is 6.54 Å². The van der Waals surface area contributed by atoms with Gasteiger partial charge in [0.15, 0.2) is 5.13 Å². The Balaban J connectivity index is 1.39. The molecular formula is C20H20N8OS. The van der Waals surface area contributed by atoms with E-state index in [0.717, 1.165) is 30.8 Å². The maximum absolute atomic E-state index is 12.3. The molecule has 0 bridgehead atoms. The van der Waals surface area contributed by atoms with Crippen molar-refractivity contribution in [3.8, 4) is 6.07 Å². The van der Waals surface area contributed by atoms with Gasteiger partial charge >= 0.3 is 0 Å². The monoisotopic (exact) mass is 420 g/mol. The van der Waals surface area contributed by atoms with Crippen molar-refractivity contribution < 1.29 is 4.79 Å². The van der Waals surface area contributed by atoms with E-state index in [2.05, 4.69) is 41.5 Å². The average Bonchev–Trinajstić information content (AvgIpc) is 3.43. The van der Waals surface area contributed by atoms with E-state index in [-0.39, 0.29) is 11.9 Å². The number of hydrogen-bond acceptors (Lipinski definition) is 9. The fourth-order valence-electron chi connectivity index (χ4n) is 3.35. The van der Waals surface area contributed by atoms with Crippen LogP contribution in [0.4, 0.5) is 11.1 Å². The zero-order chi connectivity index (χ0) is 20.8. The van der Waals surface area contributed by atoms with Gasteiger partial charge in [-0.2, -0.15) is 5.26 Å². The molecule has 10 heteroatoms. The summed E-state index contributed by atoms with van der Waals surface area (Å²) >= 11 is 1.31. The van der Waals surface area contributed by atoms with Crippen LogP contribution in [0.15, 0.2) is 42.0 Å². The summed E-state index contributed by atoms with van der Waals surface area (Å²) in [6.07, 6.45) is 5.39. The number of nitriles is 1. The largest absolute Gasteiger partial charge is 0.345 e. The third-order valence-corrected chi connectivity index (χ3v) is 5.53. The minimum absolute atomic E-state index is 0.123. The van der Waals surface area contributed by atoms with Gasteiger partial charge in [-0.3, -0.25) is 14.7 Å². The van der Waals surface area contributed by atoms with Crippen molar-refractivity contribution in [3.63, 3.8) is 0 Å². The fraction of sp³-hybridized carbons (Fsp3) is 0.300. The minimum atomic E-state index is -0.266. The fourth-order valence-corrected chi connectivity index (χ4v) is 4.04. The molecule has 9 nitrogen and oxygen atoms in total. The summed E-state index contributed by atoms with van der Waals surface area (Å²) in [5, 5.41) is 17.1. The topological polar surface area (TPSA) is 120 Å². The van der Waals surface area contributed by atoms with E-state index in [0.29, 0.717) is 29.9 Å². The van der Waals surface area contributed by atoms with Crippen LogP contribution in [0.25, 0.3) is 0 Å². The van der Waals surface area contributed by atoms with E-state index in [4.69, 9.17) is 5.26 Å². The van der Waals surface area contributed by atoms with Crippen molar-refractivity contribution in [2.75, 3.05) is 18.4 Å². The molecule has 0 saturated carbocycles. The number of aromatic nitrogens is 4. The van der Waals surface area contributed by atoms with Gasteiger partial charge in [0.05, 0.1) is 36.6 Å². The first-order chi connectivity index (χ1) is 14.7. The second-order valence-corrected chi connectivity index (χ2v) is 7.62.